The number of rotatable bonds is 4. The van der Waals surface area contributed by atoms with Crippen LogP contribution in [-0.2, 0) is 6.61 Å². The molecular weight excluding hydrogens is 250 g/mol. The van der Waals surface area contributed by atoms with E-state index in [0.717, 1.165) is 27.7 Å². The van der Waals surface area contributed by atoms with Gasteiger partial charge in [0.1, 0.15) is 12.4 Å². The van der Waals surface area contributed by atoms with Crippen molar-refractivity contribution >= 4 is 17.3 Å². The monoisotopic (exact) mass is 263 g/mol. The maximum atomic E-state index is 5.95. The highest BCUT2D eigenvalue weighted by Gasteiger charge is 2.01. The van der Waals surface area contributed by atoms with Crippen LogP contribution in [0.1, 0.15) is 11.3 Å². The zero-order valence-corrected chi connectivity index (χ0v) is 10.7. The number of nitrogens with zero attached hydrogens (tertiary/aromatic N) is 1. The average Bonchev–Trinajstić information content (AvgIpc) is 2.40. The van der Waals surface area contributed by atoms with Crippen molar-refractivity contribution in [1.82, 2.24) is 4.98 Å². The lowest BCUT2D eigenvalue weighted by Crippen LogP contribution is -2.08. The molecule has 94 valence electrons. The number of aromatic nitrogens is 1. The number of anilines is 1. The Bertz CT molecular complexity index is 546. The number of hydrazine groups is 1. The number of ether oxygens (including phenoxy) is 1. The Labute approximate surface area is 111 Å². The summed E-state index contributed by atoms with van der Waals surface area (Å²) < 4.78 is 5.64. The van der Waals surface area contributed by atoms with Crippen molar-refractivity contribution in [1.29, 1.82) is 0 Å². The molecule has 1 aromatic carbocycles. The van der Waals surface area contributed by atoms with Crippen molar-refractivity contribution in [2.45, 2.75) is 13.5 Å². The largest absolute Gasteiger partial charge is 0.487 e. The van der Waals surface area contributed by atoms with Crippen LogP contribution in [0.5, 0.6) is 5.75 Å². The Hall–Kier alpha value is -1.78. The molecule has 0 aliphatic carbocycles. The Balaban J connectivity index is 2.04. The highest BCUT2D eigenvalue weighted by atomic mass is 35.5. The van der Waals surface area contributed by atoms with E-state index in [0.29, 0.717) is 6.61 Å². The molecule has 0 saturated carbocycles. The summed E-state index contributed by atoms with van der Waals surface area (Å²) in [7, 11) is 0. The minimum Gasteiger partial charge on any atom is -0.487 e. The first kappa shape index (κ1) is 12.7. The Morgan fingerprint density at radius 3 is 2.89 bits per heavy atom. The lowest BCUT2D eigenvalue weighted by Gasteiger charge is -2.08. The molecule has 0 aliphatic heterocycles. The van der Waals surface area contributed by atoms with Crippen LogP contribution in [-0.4, -0.2) is 4.98 Å². The van der Waals surface area contributed by atoms with Crippen LogP contribution in [0.4, 0.5) is 5.69 Å². The summed E-state index contributed by atoms with van der Waals surface area (Å²) in [6.45, 7) is 2.32. The molecule has 2 rings (SSSR count). The third-order valence-electron chi connectivity index (χ3n) is 2.50. The van der Waals surface area contributed by atoms with Gasteiger partial charge < -0.3 is 10.2 Å². The SMILES string of the molecule is Cc1cc(OCc2cc(NN)ccn2)ccc1Cl. The van der Waals surface area contributed by atoms with E-state index in [1.54, 1.807) is 12.3 Å². The number of hydrogen-bond donors (Lipinski definition) is 2. The van der Waals surface area contributed by atoms with Gasteiger partial charge in [0.2, 0.25) is 0 Å². The molecular formula is C13H14ClN3O. The smallest absolute Gasteiger partial charge is 0.130 e. The van der Waals surface area contributed by atoms with Crippen molar-refractivity contribution in [3.05, 3.63) is 52.8 Å². The molecule has 0 radical (unpaired) electrons. The lowest BCUT2D eigenvalue weighted by atomic mass is 10.2. The lowest BCUT2D eigenvalue weighted by molar-refractivity contribution is 0.301. The summed E-state index contributed by atoms with van der Waals surface area (Å²) in [4.78, 5) is 4.20. The predicted molar refractivity (Wildman–Crippen MR) is 72.6 cm³/mol. The average molecular weight is 264 g/mol. The summed E-state index contributed by atoms with van der Waals surface area (Å²) in [6, 6.07) is 9.17. The summed E-state index contributed by atoms with van der Waals surface area (Å²) in [6.07, 6.45) is 1.68. The van der Waals surface area contributed by atoms with Gasteiger partial charge in [0.25, 0.3) is 0 Å². The fourth-order valence-electron chi connectivity index (χ4n) is 1.51. The van der Waals surface area contributed by atoms with Crippen LogP contribution in [0.25, 0.3) is 0 Å². The topological polar surface area (TPSA) is 60.2 Å². The molecule has 0 aliphatic rings. The number of hydrogen-bond acceptors (Lipinski definition) is 4. The normalized spacial score (nSPS) is 10.2. The summed E-state index contributed by atoms with van der Waals surface area (Å²) in [5.74, 6) is 6.10. The van der Waals surface area contributed by atoms with E-state index in [9.17, 15) is 0 Å². The summed E-state index contributed by atoms with van der Waals surface area (Å²) >= 11 is 5.95. The molecule has 0 fully saturated rings. The molecule has 3 N–H and O–H groups in total. The van der Waals surface area contributed by atoms with E-state index in [4.69, 9.17) is 22.2 Å². The fraction of sp³-hybridized carbons (Fsp3) is 0.154. The van der Waals surface area contributed by atoms with Gasteiger partial charge in [-0.1, -0.05) is 11.6 Å². The van der Waals surface area contributed by atoms with Crippen LogP contribution < -0.4 is 16.0 Å². The number of nitrogens with one attached hydrogen (secondary N) is 1. The number of nitrogens with two attached hydrogens (primary N) is 1. The van der Waals surface area contributed by atoms with Crippen LogP contribution in [0, 0.1) is 6.92 Å². The third kappa shape index (κ3) is 3.12. The van der Waals surface area contributed by atoms with Gasteiger partial charge in [0.05, 0.1) is 11.4 Å². The van der Waals surface area contributed by atoms with Gasteiger partial charge in [0, 0.05) is 11.2 Å². The second kappa shape index (κ2) is 5.71. The van der Waals surface area contributed by atoms with E-state index < -0.39 is 0 Å². The van der Waals surface area contributed by atoms with E-state index in [2.05, 4.69) is 10.4 Å². The van der Waals surface area contributed by atoms with E-state index in [-0.39, 0.29) is 0 Å². The predicted octanol–water partition coefficient (Wildman–Crippen LogP) is 2.91. The molecule has 18 heavy (non-hydrogen) atoms. The van der Waals surface area contributed by atoms with E-state index in [1.807, 2.05) is 31.2 Å². The van der Waals surface area contributed by atoms with Gasteiger partial charge in [0.15, 0.2) is 0 Å². The molecule has 0 saturated heterocycles. The minimum atomic E-state index is 0.386. The first-order chi connectivity index (χ1) is 8.69. The van der Waals surface area contributed by atoms with Crippen LogP contribution in [0.3, 0.4) is 0 Å². The van der Waals surface area contributed by atoms with Crippen LogP contribution in [0.15, 0.2) is 36.5 Å². The van der Waals surface area contributed by atoms with Crippen molar-refractivity contribution in [3.8, 4) is 5.75 Å². The van der Waals surface area contributed by atoms with Gasteiger partial charge >= 0.3 is 0 Å². The van der Waals surface area contributed by atoms with Gasteiger partial charge in [-0.2, -0.15) is 0 Å². The standard InChI is InChI=1S/C13H14ClN3O/c1-9-6-12(2-3-13(9)14)18-8-11-7-10(17-15)4-5-16-11/h2-7H,8,15H2,1H3,(H,16,17). The first-order valence-electron chi connectivity index (χ1n) is 5.49. The summed E-state index contributed by atoms with van der Waals surface area (Å²) in [5, 5.41) is 0.731. The molecule has 0 bridgehead atoms. The molecule has 0 amide bonds. The number of nitrogen functional groups attached to an aromatic ring is 1. The van der Waals surface area contributed by atoms with Gasteiger partial charge in [-0.3, -0.25) is 10.8 Å². The van der Waals surface area contributed by atoms with E-state index in [1.165, 1.54) is 0 Å². The molecule has 0 atom stereocenters. The van der Waals surface area contributed by atoms with Crippen molar-refractivity contribution in [2.24, 2.45) is 5.84 Å². The Morgan fingerprint density at radius 2 is 2.17 bits per heavy atom. The van der Waals surface area contributed by atoms with E-state index >= 15 is 0 Å². The molecule has 5 heteroatoms. The molecule has 4 nitrogen and oxygen atoms in total. The van der Waals surface area contributed by atoms with Crippen molar-refractivity contribution in [3.63, 3.8) is 0 Å². The maximum absolute atomic E-state index is 5.95. The third-order valence-corrected chi connectivity index (χ3v) is 2.92. The van der Waals surface area contributed by atoms with Gasteiger partial charge in [-0.05, 0) is 42.8 Å². The van der Waals surface area contributed by atoms with Crippen molar-refractivity contribution < 1.29 is 4.74 Å². The molecule has 0 unspecified atom stereocenters. The zero-order valence-electron chi connectivity index (χ0n) is 9.98. The zero-order chi connectivity index (χ0) is 13.0. The summed E-state index contributed by atoms with van der Waals surface area (Å²) in [5.41, 5.74) is 5.16. The molecule has 1 aromatic heterocycles. The Morgan fingerprint density at radius 1 is 1.33 bits per heavy atom. The maximum Gasteiger partial charge on any atom is 0.130 e. The van der Waals surface area contributed by atoms with Crippen LogP contribution >= 0.6 is 11.6 Å². The second-order valence-corrected chi connectivity index (χ2v) is 4.29. The number of benzene rings is 1. The number of aryl methyl sites for hydroxylation is 1. The van der Waals surface area contributed by atoms with Crippen LogP contribution in [0.2, 0.25) is 5.02 Å². The quantitative estimate of drug-likeness (QED) is 0.658. The van der Waals surface area contributed by atoms with Gasteiger partial charge in [-0.25, -0.2) is 0 Å². The fourth-order valence-corrected chi connectivity index (χ4v) is 1.63. The van der Waals surface area contributed by atoms with Crippen molar-refractivity contribution in [2.75, 3.05) is 5.43 Å². The molecule has 1 heterocycles. The molecule has 2 aromatic rings. The first-order valence-corrected chi connectivity index (χ1v) is 5.87. The number of pyridine rings is 1. The minimum absolute atomic E-state index is 0.386. The second-order valence-electron chi connectivity index (χ2n) is 3.88. The Kier molecular flexibility index (Phi) is 4.02. The molecule has 0 spiro atoms. The van der Waals surface area contributed by atoms with Gasteiger partial charge in [-0.15, -0.1) is 0 Å². The highest BCUT2D eigenvalue weighted by molar-refractivity contribution is 6.31. The number of halogens is 1. The highest BCUT2D eigenvalue weighted by Crippen LogP contribution is 2.21.